The van der Waals surface area contributed by atoms with Crippen molar-refractivity contribution < 1.29 is 0 Å². The summed E-state index contributed by atoms with van der Waals surface area (Å²) in [6, 6.07) is 9.67. The molecule has 0 aliphatic heterocycles. The minimum Gasteiger partial charge on any atom is -0.295 e. The van der Waals surface area contributed by atoms with E-state index in [1.54, 1.807) is 33.9 Å². The molecule has 0 saturated carbocycles. The largest absolute Gasteiger partial charge is 0.328 e. The number of fused-ring (bicyclic) bond motifs is 2. The van der Waals surface area contributed by atoms with Crippen molar-refractivity contribution in [1.82, 2.24) is 23.7 Å². The van der Waals surface area contributed by atoms with Crippen LogP contribution in [-0.2, 0) is 14.1 Å². The molecule has 3 heterocycles. The van der Waals surface area contributed by atoms with Crippen molar-refractivity contribution in [3.8, 4) is 11.3 Å². The molecule has 6 nitrogen and oxygen atoms in total. The second-order valence-corrected chi connectivity index (χ2v) is 5.99. The Hall–Kier alpha value is -2.41. The third-order valence-corrected chi connectivity index (χ3v) is 4.32. The third kappa shape index (κ3) is 1.75. The summed E-state index contributed by atoms with van der Waals surface area (Å²) >= 11 is 3.38. The van der Waals surface area contributed by atoms with E-state index in [2.05, 4.69) is 26.0 Å². The van der Waals surface area contributed by atoms with Gasteiger partial charge in [-0.2, -0.15) is 5.10 Å². The molecule has 0 amide bonds. The summed E-state index contributed by atoms with van der Waals surface area (Å²) in [5.74, 6) is 0. The lowest BCUT2D eigenvalue weighted by molar-refractivity contribution is 0.795. The molecule has 22 heavy (non-hydrogen) atoms. The molecule has 0 saturated heterocycles. The fourth-order valence-electron chi connectivity index (χ4n) is 2.71. The van der Waals surface area contributed by atoms with Gasteiger partial charge in [0.1, 0.15) is 4.60 Å². The van der Waals surface area contributed by atoms with Crippen molar-refractivity contribution in [2.75, 3.05) is 0 Å². The number of imidazole rings is 2. The standard InChI is InChI=1S/C15H12BrN5O/c1-19-10-4-3-9(7-11(10)20(2)15(19)22)12-8-17-14-6-5-13(16)18-21(12)14/h3-8H,1-2H3. The maximum atomic E-state index is 12.0. The molecule has 4 aromatic rings. The zero-order valence-electron chi connectivity index (χ0n) is 12.0. The van der Waals surface area contributed by atoms with Crippen molar-refractivity contribution in [3.05, 3.63) is 51.6 Å². The van der Waals surface area contributed by atoms with E-state index in [1.165, 1.54) is 0 Å². The first-order chi connectivity index (χ1) is 10.6. The number of nitrogens with zero attached hydrogens (tertiary/aromatic N) is 5. The summed E-state index contributed by atoms with van der Waals surface area (Å²) in [7, 11) is 3.55. The van der Waals surface area contributed by atoms with Gasteiger partial charge in [-0.1, -0.05) is 6.07 Å². The summed E-state index contributed by atoms with van der Waals surface area (Å²) in [5, 5.41) is 4.43. The van der Waals surface area contributed by atoms with Crippen molar-refractivity contribution in [2.45, 2.75) is 0 Å². The van der Waals surface area contributed by atoms with Gasteiger partial charge in [0, 0.05) is 19.7 Å². The van der Waals surface area contributed by atoms with E-state index in [0.29, 0.717) is 0 Å². The average Bonchev–Trinajstić information content (AvgIpc) is 3.03. The zero-order chi connectivity index (χ0) is 15.4. The predicted molar refractivity (Wildman–Crippen MR) is 87.8 cm³/mol. The molecule has 3 aromatic heterocycles. The molecule has 0 N–H and O–H groups in total. The van der Waals surface area contributed by atoms with Gasteiger partial charge in [0.25, 0.3) is 0 Å². The monoisotopic (exact) mass is 357 g/mol. The number of aryl methyl sites for hydroxylation is 2. The van der Waals surface area contributed by atoms with E-state index >= 15 is 0 Å². The Morgan fingerprint density at radius 3 is 2.64 bits per heavy atom. The quantitative estimate of drug-likeness (QED) is 0.525. The highest BCUT2D eigenvalue weighted by Gasteiger charge is 2.12. The number of hydrogen-bond donors (Lipinski definition) is 0. The highest BCUT2D eigenvalue weighted by atomic mass is 79.9. The lowest BCUT2D eigenvalue weighted by Crippen LogP contribution is -2.19. The topological polar surface area (TPSA) is 57.1 Å². The Labute approximate surface area is 133 Å². The highest BCUT2D eigenvalue weighted by molar-refractivity contribution is 9.10. The Morgan fingerprint density at radius 1 is 1.05 bits per heavy atom. The normalized spacial score (nSPS) is 11.6. The molecule has 1 aromatic carbocycles. The third-order valence-electron chi connectivity index (χ3n) is 3.90. The first kappa shape index (κ1) is 13.3. The number of rotatable bonds is 1. The Bertz CT molecular complexity index is 1090. The van der Waals surface area contributed by atoms with Gasteiger partial charge in [-0.25, -0.2) is 14.3 Å². The predicted octanol–water partition coefficient (Wildman–Crippen LogP) is 2.35. The van der Waals surface area contributed by atoms with Gasteiger partial charge < -0.3 is 0 Å². The lowest BCUT2D eigenvalue weighted by atomic mass is 10.1. The van der Waals surface area contributed by atoms with Crippen LogP contribution in [0.4, 0.5) is 0 Å². The molecule has 4 rings (SSSR count). The fourth-order valence-corrected chi connectivity index (χ4v) is 3.00. The van der Waals surface area contributed by atoms with Gasteiger partial charge in [-0.05, 0) is 40.2 Å². The molecule has 0 bridgehead atoms. The van der Waals surface area contributed by atoms with Crippen LogP contribution in [0.3, 0.4) is 0 Å². The molecule has 0 radical (unpaired) electrons. The molecule has 7 heteroatoms. The van der Waals surface area contributed by atoms with Gasteiger partial charge in [-0.3, -0.25) is 9.13 Å². The van der Waals surface area contributed by atoms with Gasteiger partial charge in [0.05, 0.1) is 22.9 Å². The van der Waals surface area contributed by atoms with Crippen LogP contribution in [0.15, 0.2) is 45.9 Å². The number of halogens is 1. The van der Waals surface area contributed by atoms with E-state index in [9.17, 15) is 4.79 Å². The van der Waals surface area contributed by atoms with E-state index in [-0.39, 0.29) is 5.69 Å². The van der Waals surface area contributed by atoms with Crippen molar-refractivity contribution >= 4 is 32.6 Å². The minimum absolute atomic E-state index is 0.0360. The van der Waals surface area contributed by atoms with Crippen LogP contribution in [0, 0.1) is 0 Å². The van der Waals surface area contributed by atoms with E-state index in [0.717, 1.165) is 32.5 Å². The summed E-state index contributed by atoms with van der Waals surface area (Å²) in [4.78, 5) is 16.4. The maximum absolute atomic E-state index is 12.0. The van der Waals surface area contributed by atoms with Crippen LogP contribution in [0.2, 0.25) is 0 Å². The summed E-state index contributed by atoms with van der Waals surface area (Å²) in [6.07, 6.45) is 1.79. The zero-order valence-corrected chi connectivity index (χ0v) is 13.6. The van der Waals surface area contributed by atoms with Gasteiger partial charge in [0.2, 0.25) is 0 Å². The molecule has 0 aliphatic rings. The minimum atomic E-state index is -0.0360. The number of aromatic nitrogens is 5. The Morgan fingerprint density at radius 2 is 1.82 bits per heavy atom. The van der Waals surface area contributed by atoms with Crippen LogP contribution in [-0.4, -0.2) is 23.7 Å². The number of hydrogen-bond acceptors (Lipinski definition) is 3. The fraction of sp³-hybridized carbons (Fsp3) is 0.133. The van der Waals surface area contributed by atoms with E-state index in [4.69, 9.17) is 0 Å². The van der Waals surface area contributed by atoms with E-state index in [1.807, 2.05) is 30.3 Å². The van der Waals surface area contributed by atoms with Crippen LogP contribution in [0.5, 0.6) is 0 Å². The smallest absolute Gasteiger partial charge is 0.295 e. The van der Waals surface area contributed by atoms with Crippen molar-refractivity contribution in [2.24, 2.45) is 14.1 Å². The van der Waals surface area contributed by atoms with E-state index < -0.39 is 0 Å². The summed E-state index contributed by atoms with van der Waals surface area (Å²) in [6.45, 7) is 0. The molecule has 0 spiro atoms. The molecule has 0 aliphatic carbocycles. The molecule has 110 valence electrons. The van der Waals surface area contributed by atoms with Gasteiger partial charge >= 0.3 is 5.69 Å². The molecule has 0 unspecified atom stereocenters. The summed E-state index contributed by atoms with van der Waals surface area (Å²) < 4.78 is 5.81. The second kappa shape index (κ2) is 4.54. The lowest BCUT2D eigenvalue weighted by Gasteiger charge is -2.03. The molecule has 0 atom stereocenters. The maximum Gasteiger partial charge on any atom is 0.328 e. The molecular weight excluding hydrogens is 346 g/mol. The van der Waals surface area contributed by atoms with Gasteiger partial charge in [0.15, 0.2) is 5.65 Å². The Balaban J connectivity index is 2.02. The van der Waals surface area contributed by atoms with Crippen molar-refractivity contribution in [3.63, 3.8) is 0 Å². The van der Waals surface area contributed by atoms with Crippen LogP contribution >= 0.6 is 15.9 Å². The average molecular weight is 358 g/mol. The van der Waals surface area contributed by atoms with Crippen molar-refractivity contribution in [1.29, 1.82) is 0 Å². The van der Waals surface area contributed by atoms with Gasteiger partial charge in [-0.15, -0.1) is 0 Å². The Kier molecular flexibility index (Phi) is 2.74. The first-order valence-electron chi connectivity index (χ1n) is 6.72. The molecular formula is C15H12BrN5O. The summed E-state index contributed by atoms with van der Waals surface area (Å²) in [5.41, 5.74) is 4.38. The molecule has 0 fully saturated rings. The SMILES string of the molecule is Cn1c(=O)n(C)c2cc(-c3cnc4ccc(Br)nn34)ccc21. The second-order valence-electron chi connectivity index (χ2n) is 5.17. The van der Waals surface area contributed by atoms with Crippen LogP contribution in [0.25, 0.3) is 27.9 Å². The number of benzene rings is 1. The first-order valence-corrected chi connectivity index (χ1v) is 7.51. The highest BCUT2D eigenvalue weighted by Crippen LogP contribution is 2.24. The van der Waals surface area contributed by atoms with Crippen LogP contribution in [0.1, 0.15) is 0 Å². The van der Waals surface area contributed by atoms with Crippen LogP contribution < -0.4 is 5.69 Å².